The Morgan fingerprint density at radius 1 is 0.786 bits per heavy atom. The molecule has 0 saturated carbocycles. The third-order valence-electron chi connectivity index (χ3n) is 5.19. The lowest BCUT2D eigenvalue weighted by molar-refractivity contribution is 0.666. The average molecular weight is 402 g/mol. The molecule has 0 atom stereocenters. The van der Waals surface area contributed by atoms with Crippen LogP contribution in [0.4, 0.5) is 0 Å². The zero-order valence-electron chi connectivity index (χ0n) is 15.3. The first-order valence-electron chi connectivity index (χ1n) is 9.53. The van der Waals surface area contributed by atoms with Gasteiger partial charge in [0, 0.05) is 34.1 Å². The summed E-state index contributed by atoms with van der Waals surface area (Å²) in [6.45, 7) is 0. The van der Waals surface area contributed by atoms with Crippen LogP contribution >= 0.6 is 23.6 Å². The van der Waals surface area contributed by atoms with E-state index in [0.717, 1.165) is 45.0 Å². The lowest BCUT2D eigenvalue weighted by Gasteiger charge is -2.20. The second-order valence-electron chi connectivity index (χ2n) is 6.91. The monoisotopic (exact) mass is 401 g/mol. The number of para-hydroxylation sites is 1. The molecule has 0 bridgehead atoms. The fourth-order valence-electron chi connectivity index (χ4n) is 3.94. The summed E-state index contributed by atoms with van der Waals surface area (Å²) in [5.41, 5.74) is 6.55. The van der Waals surface area contributed by atoms with Gasteiger partial charge < -0.3 is 0 Å². The molecule has 5 rings (SSSR count). The fourth-order valence-corrected chi connectivity index (χ4v) is 5.50. The van der Waals surface area contributed by atoms with E-state index in [1.165, 1.54) is 23.4 Å². The number of nitrogens with zero attached hydrogens (tertiary/aromatic N) is 3. The molecule has 5 heteroatoms. The van der Waals surface area contributed by atoms with E-state index in [1.54, 1.807) is 11.3 Å². The van der Waals surface area contributed by atoms with Gasteiger partial charge >= 0.3 is 0 Å². The predicted molar refractivity (Wildman–Crippen MR) is 118 cm³/mol. The first-order chi connectivity index (χ1) is 13.8. The summed E-state index contributed by atoms with van der Waals surface area (Å²) in [7, 11) is 0. The standard InChI is InChI=1S/C23H19N3S2/c27-23-26(20-12-1-2-13-21(20)28-23)22-16(18-10-3-5-14-24-18)8-7-9-17(22)19-11-4-6-15-25-19/h3-11,14-15H,1-2,12-13H2. The van der Waals surface area contributed by atoms with Crippen molar-refractivity contribution in [1.82, 2.24) is 14.5 Å². The van der Waals surface area contributed by atoms with Gasteiger partial charge in [0.1, 0.15) is 0 Å². The van der Waals surface area contributed by atoms with Crippen molar-refractivity contribution in [2.45, 2.75) is 25.7 Å². The van der Waals surface area contributed by atoms with Crippen LogP contribution in [0.1, 0.15) is 23.4 Å². The third-order valence-corrected chi connectivity index (χ3v) is 6.67. The van der Waals surface area contributed by atoms with Gasteiger partial charge in [0.25, 0.3) is 0 Å². The second kappa shape index (κ2) is 7.41. The maximum Gasteiger partial charge on any atom is 0.166 e. The third kappa shape index (κ3) is 3.01. The Kier molecular flexibility index (Phi) is 4.63. The van der Waals surface area contributed by atoms with Crippen molar-refractivity contribution in [2.24, 2.45) is 0 Å². The van der Waals surface area contributed by atoms with Gasteiger partial charge in [-0.2, -0.15) is 0 Å². The molecule has 3 nitrogen and oxygen atoms in total. The number of thiazole rings is 1. The Labute approximate surface area is 173 Å². The van der Waals surface area contributed by atoms with Gasteiger partial charge in [-0.3, -0.25) is 14.5 Å². The van der Waals surface area contributed by atoms with Gasteiger partial charge in [0.05, 0.1) is 17.1 Å². The summed E-state index contributed by atoms with van der Waals surface area (Å²) in [5.74, 6) is 0. The van der Waals surface area contributed by atoms with E-state index in [0.29, 0.717) is 0 Å². The van der Waals surface area contributed by atoms with Gasteiger partial charge in [-0.25, -0.2) is 0 Å². The molecule has 4 aromatic rings. The molecule has 0 spiro atoms. The Morgan fingerprint density at radius 2 is 1.43 bits per heavy atom. The molecule has 1 aliphatic carbocycles. The van der Waals surface area contributed by atoms with Crippen molar-refractivity contribution in [2.75, 3.05) is 0 Å². The molecule has 138 valence electrons. The van der Waals surface area contributed by atoms with Crippen LogP contribution in [-0.4, -0.2) is 14.5 Å². The summed E-state index contributed by atoms with van der Waals surface area (Å²) in [5, 5.41) is 0. The van der Waals surface area contributed by atoms with Crippen molar-refractivity contribution in [3.8, 4) is 28.2 Å². The van der Waals surface area contributed by atoms with Crippen LogP contribution < -0.4 is 0 Å². The smallest absolute Gasteiger partial charge is 0.166 e. The van der Waals surface area contributed by atoms with Crippen molar-refractivity contribution < 1.29 is 0 Å². The molecular weight excluding hydrogens is 382 g/mol. The minimum absolute atomic E-state index is 0.910. The van der Waals surface area contributed by atoms with E-state index in [4.69, 9.17) is 12.2 Å². The Morgan fingerprint density at radius 3 is 2.04 bits per heavy atom. The number of fused-ring (bicyclic) bond motifs is 1. The van der Waals surface area contributed by atoms with E-state index < -0.39 is 0 Å². The summed E-state index contributed by atoms with van der Waals surface area (Å²) in [4.78, 5) is 10.7. The number of rotatable bonds is 3. The topological polar surface area (TPSA) is 30.7 Å². The molecule has 0 aliphatic heterocycles. The molecular formula is C23H19N3S2. The maximum atomic E-state index is 5.86. The van der Waals surface area contributed by atoms with E-state index in [2.05, 4.69) is 44.9 Å². The van der Waals surface area contributed by atoms with E-state index in [-0.39, 0.29) is 0 Å². The van der Waals surface area contributed by atoms with E-state index in [9.17, 15) is 0 Å². The quantitative estimate of drug-likeness (QED) is 0.379. The average Bonchev–Trinajstić information content (AvgIpc) is 3.10. The molecule has 1 aliphatic rings. The van der Waals surface area contributed by atoms with Crippen LogP contribution in [0, 0.1) is 3.95 Å². The summed E-state index contributed by atoms with van der Waals surface area (Å²) in [6.07, 6.45) is 8.34. The SMILES string of the molecule is S=c1sc2c(n1-c1c(-c3ccccn3)cccc1-c1ccccn1)CCCC2. The van der Waals surface area contributed by atoms with Gasteiger partial charge in [0.15, 0.2) is 3.95 Å². The van der Waals surface area contributed by atoms with Gasteiger partial charge in [-0.05, 0) is 62.2 Å². The highest BCUT2D eigenvalue weighted by Crippen LogP contribution is 2.38. The van der Waals surface area contributed by atoms with Gasteiger partial charge in [-0.15, -0.1) is 11.3 Å². The second-order valence-corrected chi connectivity index (χ2v) is 8.64. The number of pyridine rings is 2. The van der Waals surface area contributed by atoms with Crippen LogP contribution in [0.2, 0.25) is 0 Å². The zero-order chi connectivity index (χ0) is 18.9. The molecule has 0 fully saturated rings. The van der Waals surface area contributed by atoms with E-state index in [1.807, 2.05) is 36.7 Å². The number of benzene rings is 1. The Hall–Kier alpha value is -2.63. The first-order valence-corrected chi connectivity index (χ1v) is 10.8. The number of hydrogen-bond donors (Lipinski definition) is 0. The van der Waals surface area contributed by atoms with Crippen LogP contribution in [0.3, 0.4) is 0 Å². The molecule has 0 N–H and O–H groups in total. The van der Waals surface area contributed by atoms with Crippen molar-refractivity contribution in [1.29, 1.82) is 0 Å². The molecule has 0 unspecified atom stereocenters. The molecule has 3 aromatic heterocycles. The van der Waals surface area contributed by atoms with Crippen molar-refractivity contribution in [3.63, 3.8) is 0 Å². The molecule has 0 amide bonds. The van der Waals surface area contributed by atoms with Gasteiger partial charge in [-0.1, -0.05) is 30.3 Å². The van der Waals surface area contributed by atoms with Crippen LogP contribution in [0.15, 0.2) is 67.0 Å². The minimum atomic E-state index is 0.910. The highest BCUT2D eigenvalue weighted by Gasteiger charge is 2.23. The maximum absolute atomic E-state index is 5.86. The summed E-state index contributed by atoms with van der Waals surface area (Å²) >= 11 is 7.62. The molecule has 0 radical (unpaired) electrons. The first kappa shape index (κ1) is 17.5. The lowest BCUT2D eigenvalue weighted by Crippen LogP contribution is -2.09. The van der Waals surface area contributed by atoms with Crippen molar-refractivity contribution >= 4 is 23.6 Å². The number of hydrogen-bond acceptors (Lipinski definition) is 4. The summed E-state index contributed by atoms with van der Waals surface area (Å²) in [6, 6.07) is 18.4. The number of aromatic nitrogens is 3. The molecule has 0 saturated heterocycles. The van der Waals surface area contributed by atoms with Crippen LogP contribution in [0.25, 0.3) is 28.2 Å². The van der Waals surface area contributed by atoms with Crippen LogP contribution in [-0.2, 0) is 12.8 Å². The zero-order valence-corrected chi connectivity index (χ0v) is 17.0. The minimum Gasteiger partial charge on any atom is -0.294 e. The highest BCUT2D eigenvalue weighted by molar-refractivity contribution is 7.73. The fraction of sp³-hybridized carbons (Fsp3) is 0.174. The number of aryl methyl sites for hydroxylation is 1. The molecule has 28 heavy (non-hydrogen) atoms. The van der Waals surface area contributed by atoms with E-state index >= 15 is 0 Å². The highest BCUT2D eigenvalue weighted by atomic mass is 32.1. The molecule has 1 aromatic carbocycles. The Bertz CT molecular complexity index is 1120. The normalized spacial score (nSPS) is 13.3. The Balaban J connectivity index is 1.86. The lowest BCUT2D eigenvalue weighted by atomic mass is 9.98. The van der Waals surface area contributed by atoms with Gasteiger partial charge in [0.2, 0.25) is 0 Å². The largest absolute Gasteiger partial charge is 0.294 e. The van der Waals surface area contributed by atoms with Crippen molar-refractivity contribution in [3.05, 3.63) is 81.5 Å². The molecule has 3 heterocycles. The summed E-state index contributed by atoms with van der Waals surface area (Å²) < 4.78 is 3.20. The predicted octanol–water partition coefficient (Wildman–Crippen LogP) is 6.27. The van der Waals surface area contributed by atoms with Crippen LogP contribution in [0.5, 0.6) is 0 Å².